The summed E-state index contributed by atoms with van der Waals surface area (Å²) < 4.78 is 5.55. The lowest BCUT2D eigenvalue weighted by Crippen LogP contribution is -2.34. The molecule has 1 unspecified atom stereocenters. The van der Waals surface area contributed by atoms with E-state index in [9.17, 15) is 4.79 Å². The van der Waals surface area contributed by atoms with Gasteiger partial charge in [0.15, 0.2) is 0 Å². The first kappa shape index (κ1) is 14.5. The lowest BCUT2D eigenvalue weighted by atomic mass is 9.97. The number of hydrogen-bond donors (Lipinski definition) is 2. The first-order chi connectivity index (χ1) is 8.54. The Bertz CT molecular complexity index is 430. The van der Waals surface area contributed by atoms with Gasteiger partial charge in [0.1, 0.15) is 11.8 Å². The van der Waals surface area contributed by atoms with E-state index in [1.165, 1.54) is 0 Å². The zero-order valence-electron chi connectivity index (χ0n) is 11.8. The maximum Gasteiger partial charge on any atom is 0.241 e. The minimum atomic E-state index is -0.329. The molecule has 1 aromatic rings. The molecule has 0 aliphatic carbocycles. The van der Waals surface area contributed by atoms with E-state index in [0.29, 0.717) is 6.61 Å². The molecule has 4 heteroatoms. The van der Waals surface area contributed by atoms with Crippen LogP contribution in [0.5, 0.6) is 5.75 Å². The van der Waals surface area contributed by atoms with Crippen LogP contribution < -0.4 is 15.4 Å². The van der Waals surface area contributed by atoms with Gasteiger partial charge in [-0.3, -0.25) is 4.79 Å². The van der Waals surface area contributed by atoms with E-state index in [1.54, 1.807) is 14.1 Å². The van der Waals surface area contributed by atoms with Crippen molar-refractivity contribution in [2.75, 3.05) is 20.7 Å². The highest BCUT2D eigenvalue weighted by Gasteiger charge is 2.20. The second-order valence-electron chi connectivity index (χ2n) is 4.24. The third kappa shape index (κ3) is 3.01. The number of carbonyl (C=O) groups is 1. The van der Waals surface area contributed by atoms with Gasteiger partial charge < -0.3 is 15.4 Å². The molecule has 0 fully saturated rings. The van der Waals surface area contributed by atoms with E-state index in [2.05, 4.69) is 10.6 Å². The first-order valence-electron chi connectivity index (χ1n) is 6.17. The van der Waals surface area contributed by atoms with E-state index in [0.717, 1.165) is 22.4 Å². The number of benzene rings is 1. The molecule has 0 saturated carbocycles. The Morgan fingerprint density at radius 1 is 1.28 bits per heavy atom. The topological polar surface area (TPSA) is 50.4 Å². The molecule has 0 aliphatic heterocycles. The molecule has 100 valence electrons. The summed E-state index contributed by atoms with van der Waals surface area (Å²) in [5.41, 5.74) is 3.08. The number of aryl methyl sites for hydroxylation is 2. The lowest BCUT2D eigenvalue weighted by molar-refractivity contribution is -0.122. The average Bonchev–Trinajstić information content (AvgIpc) is 2.35. The van der Waals surface area contributed by atoms with E-state index in [4.69, 9.17) is 4.74 Å². The number of hydrogen-bond acceptors (Lipinski definition) is 3. The zero-order chi connectivity index (χ0) is 13.7. The Hall–Kier alpha value is -1.55. The molecule has 0 aliphatic rings. The molecule has 1 amide bonds. The van der Waals surface area contributed by atoms with Crippen molar-refractivity contribution in [1.29, 1.82) is 0 Å². The van der Waals surface area contributed by atoms with E-state index >= 15 is 0 Å². The van der Waals surface area contributed by atoms with Crippen LogP contribution in [-0.2, 0) is 4.79 Å². The maximum absolute atomic E-state index is 11.8. The highest BCUT2D eigenvalue weighted by molar-refractivity contribution is 5.83. The standard InChI is InChI=1S/C14H22N2O2/c1-6-18-12-8-9(2)11(7-10(12)3)13(15-4)14(17)16-5/h7-8,13,15H,6H2,1-5H3,(H,16,17). The largest absolute Gasteiger partial charge is 0.494 e. The second kappa shape index (κ2) is 6.40. The number of carbonyl (C=O) groups excluding carboxylic acids is 1. The van der Waals surface area contributed by atoms with E-state index in [1.807, 2.05) is 32.9 Å². The van der Waals surface area contributed by atoms with Gasteiger partial charge in [-0.05, 0) is 50.6 Å². The van der Waals surface area contributed by atoms with Crippen molar-refractivity contribution >= 4 is 5.91 Å². The summed E-state index contributed by atoms with van der Waals surface area (Å²) in [5.74, 6) is 0.842. The molecule has 1 aromatic carbocycles. The van der Waals surface area contributed by atoms with Gasteiger partial charge in [-0.1, -0.05) is 6.07 Å². The Balaban J connectivity index is 3.16. The van der Waals surface area contributed by atoms with Crippen LogP contribution in [0.15, 0.2) is 12.1 Å². The molecule has 18 heavy (non-hydrogen) atoms. The van der Waals surface area contributed by atoms with Crippen LogP contribution in [0.4, 0.5) is 0 Å². The Labute approximate surface area is 109 Å². The number of nitrogens with one attached hydrogen (secondary N) is 2. The van der Waals surface area contributed by atoms with Crippen LogP contribution in [0.2, 0.25) is 0 Å². The number of amides is 1. The van der Waals surface area contributed by atoms with Crippen molar-refractivity contribution in [3.63, 3.8) is 0 Å². The van der Waals surface area contributed by atoms with Gasteiger partial charge in [0.2, 0.25) is 5.91 Å². The van der Waals surface area contributed by atoms with Gasteiger partial charge >= 0.3 is 0 Å². The normalized spacial score (nSPS) is 12.1. The lowest BCUT2D eigenvalue weighted by Gasteiger charge is -2.19. The summed E-state index contributed by atoms with van der Waals surface area (Å²) in [5, 5.41) is 5.70. The van der Waals surface area contributed by atoms with Crippen LogP contribution in [0.3, 0.4) is 0 Å². The fraction of sp³-hybridized carbons (Fsp3) is 0.500. The van der Waals surface area contributed by atoms with Gasteiger partial charge in [0, 0.05) is 7.05 Å². The van der Waals surface area contributed by atoms with Gasteiger partial charge in [-0.15, -0.1) is 0 Å². The summed E-state index contributed by atoms with van der Waals surface area (Å²) in [7, 11) is 3.43. The van der Waals surface area contributed by atoms with Crippen molar-refractivity contribution in [3.05, 3.63) is 28.8 Å². The van der Waals surface area contributed by atoms with Crippen molar-refractivity contribution in [2.24, 2.45) is 0 Å². The summed E-state index contributed by atoms with van der Waals surface area (Å²) in [6.07, 6.45) is 0. The molecule has 2 N–H and O–H groups in total. The minimum absolute atomic E-state index is 0.0378. The quantitative estimate of drug-likeness (QED) is 0.836. The van der Waals surface area contributed by atoms with Crippen molar-refractivity contribution in [1.82, 2.24) is 10.6 Å². The van der Waals surface area contributed by atoms with Crippen molar-refractivity contribution in [3.8, 4) is 5.75 Å². The van der Waals surface area contributed by atoms with Gasteiger partial charge in [-0.2, -0.15) is 0 Å². The molecule has 0 aromatic heterocycles. The number of ether oxygens (including phenoxy) is 1. The minimum Gasteiger partial charge on any atom is -0.494 e. The third-order valence-corrected chi connectivity index (χ3v) is 2.97. The van der Waals surface area contributed by atoms with Crippen molar-refractivity contribution < 1.29 is 9.53 Å². The van der Waals surface area contributed by atoms with Crippen LogP contribution in [0, 0.1) is 13.8 Å². The van der Waals surface area contributed by atoms with Crippen molar-refractivity contribution in [2.45, 2.75) is 26.8 Å². The summed E-state index contributed by atoms with van der Waals surface area (Å²) in [6, 6.07) is 3.67. The molecule has 1 rings (SSSR count). The second-order valence-corrected chi connectivity index (χ2v) is 4.24. The highest BCUT2D eigenvalue weighted by Crippen LogP contribution is 2.26. The van der Waals surface area contributed by atoms with Crippen LogP contribution in [-0.4, -0.2) is 26.6 Å². The number of rotatable bonds is 5. The molecule has 0 spiro atoms. The van der Waals surface area contributed by atoms with Gasteiger partial charge in [0.05, 0.1) is 6.61 Å². The van der Waals surface area contributed by atoms with E-state index < -0.39 is 0 Å². The molecule has 0 radical (unpaired) electrons. The Morgan fingerprint density at radius 3 is 2.44 bits per heavy atom. The summed E-state index contributed by atoms with van der Waals surface area (Å²) in [4.78, 5) is 11.8. The van der Waals surface area contributed by atoms with Crippen LogP contribution in [0.1, 0.15) is 29.7 Å². The summed E-state index contributed by atoms with van der Waals surface area (Å²) in [6.45, 7) is 6.59. The van der Waals surface area contributed by atoms with Gasteiger partial charge in [0.25, 0.3) is 0 Å². The van der Waals surface area contributed by atoms with Gasteiger partial charge in [-0.25, -0.2) is 0 Å². The highest BCUT2D eigenvalue weighted by atomic mass is 16.5. The molecule has 0 bridgehead atoms. The molecule has 0 heterocycles. The SMILES string of the molecule is CCOc1cc(C)c(C(NC)C(=O)NC)cc1C. The molecule has 1 atom stereocenters. The smallest absolute Gasteiger partial charge is 0.241 e. The predicted octanol–water partition coefficient (Wildman–Crippen LogP) is 1.71. The fourth-order valence-corrected chi connectivity index (χ4v) is 2.01. The molecule has 4 nitrogen and oxygen atoms in total. The monoisotopic (exact) mass is 250 g/mol. The first-order valence-corrected chi connectivity index (χ1v) is 6.17. The molecular weight excluding hydrogens is 228 g/mol. The number of likely N-dealkylation sites (N-methyl/N-ethyl adjacent to an activating group) is 2. The molecular formula is C14H22N2O2. The summed E-state index contributed by atoms with van der Waals surface area (Å²) >= 11 is 0. The molecule has 0 saturated heterocycles. The Morgan fingerprint density at radius 2 is 1.94 bits per heavy atom. The third-order valence-electron chi connectivity index (χ3n) is 2.97. The van der Waals surface area contributed by atoms with Crippen LogP contribution >= 0.6 is 0 Å². The fourth-order valence-electron chi connectivity index (χ4n) is 2.01. The van der Waals surface area contributed by atoms with E-state index in [-0.39, 0.29) is 11.9 Å². The zero-order valence-corrected chi connectivity index (χ0v) is 11.8. The average molecular weight is 250 g/mol. The maximum atomic E-state index is 11.8. The predicted molar refractivity (Wildman–Crippen MR) is 73.0 cm³/mol. The van der Waals surface area contributed by atoms with Crippen LogP contribution in [0.25, 0.3) is 0 Å². The Kier molecular flexibility index (Phi) is 5.16.